The Labute approximate surface area is 107 Å². The van der Waals surface area contributed by atoms with Gasteiger partial charge in [-0.25, -0.2) is 0 Å². The van der Waals surface area contributed by atoms with E-state index in [0.717, 1.165) is 0 Å². The van der Waals surface area contributed by atoms with Gasteiger partial charge < -0.3 is 14.0 Å². The molecular weight excluding hydrogens is 250 g/mol. The van der Waals surface area contributed by atoms with Crippen LogP contribution in [0.1, 0.15) is 27.7 Å². The molecule has 0 aromatic heterocycles. The Balaban J connectivity index is 3.97. The van der Waals surface area contributed by atoms with Gasteiger partial charge >= 0.3 is 0 Å². The van der Waals surface area contributed by atoms with Gasteiger partial charge in [0.25, 0.3) is 10.0 Å². The lowest BCUT2D eigenvalue weighted by atomic mass is 9.88. The highest BCUT2D eigenvalue weighted by molar-refractivity contribution is 6.73. The Bertz CT molecular complexity index is 199. The third-order valence-corrected chi connectivity index (χ3v) is 10.5. The fourth-order valence-electron chi connectivity index (χ4n) is 1.58. The van der Waals surface area contributed by atoms with Gasteiger partial charge in [0.1, 0.15) is 0 Å². The number of nitrogens with two attached hydrogens (primary N) is 1. The molecule has 0 aliphatic heterocycles. The topological polar surface area (TPSA) is 44.5 Å². The number of rotatable bonds is 6. The Morgan fingerprint density at radius 1 is 1.19 bits per heavy atom. The van der Waals surface area contributed by atoms with Gasteiger partial charge in [-0.2, -0.15) is 0 Å². The molecule has 0 radical (unpaired) electrons. The van der Waals surface area contributed by atoms with Gasteiger partial charge in [0, 0.05) is 6.04 Å². The molecule has 3 nitrogen and oxygen atoms in total. The first kappa shape index (κ1) is 16.5. The lowest BCUT2D eigenvalue weighted by Crippen LogP contribution is -2.37. The minimum atomic E-state index is -1.37. The van der Waals surface area contributed by atoms with Crippen LogP contribution in [0.2, 0.25) is 25.2 Å². The lowest BCUT2D eigenvalue weighted by Gasteiger charge is -2.33. The van der Waals surface area contributed by atoms with Gasteiger partial charge in [-0.15, -0.1) is 0 Å². The van der Waals surface area contributed by atoms with Gasteiger partial charge in [-0.3, -0.25) is 0 Å². The van der Waals surface area contributed by atoms with E-state index in [4.69, 9.17) is 14.0 Å². The van der Waals surface area contributed by atoms with Crippen molar-refractivity contribution in [1.82, 2.24) is 0 Å². The van der Waals surface area contributed by atoms with Crippen molar-refractivity contribution < 1.29 is 8.23 Å². The van der Waals surface area contributed by atoms with Crippen LogP contribution in [0.15, 0.2) is 0 Å². The molecule has 0 saturated heterocycles. The predicted octanol–water partition coefficient (Wildman–Crippen LogP) is 1.12. The Kier molecular flexibility index (Phi) is 6.67. The van der Waals surface area contributed by atoms with Crippen molar-refractivity contribution in [3.8, 4) is 0 Å². The molecule has 0 aromatic carbocycles. The Morgan fingerprint density at radius 2 is 1.69 bits per heavy atom. The molecule has 98 valence electrons. The van der Waals surface area contributed by atoms with E-state index in [1.165, 1.54) is 0 Å². The second kappa shape index (κ2) is 6.46. The number of hydrogen-bond acceptors (Lipinski definition) is 3. The summed E-state index contributed by atoms with van der Waals surface area (Å²) in [6.45, 7) is 15.5. The van der Waals surface area contributed by atoms with Crippen molar-refractivity contribution in [2.45, 2.75) is 58.9 Å². The van der Waals surface area contributed by atoms with Crippen LogP contribution < -0.4 is 5.73 Å². The third kappa shape index (κ3) is 7.75. The second-order valence-electron chi connectivity index (χ2n) is 6.58. The molecule has 0 aromatic rings. The summed E-state index contributed by atoms with van der Waals surface area (Å²) in [6, 6.07) is 0.229. The Hall–Kier alpha value is 0.531. The van der Waals surface area contributed by atoms with Gasteiger partial charge in [0.2, 0.25) is 0 Å². The molecule has 0 fully saturated rings. The molecule has 6 heteroatoms. The standard InChI is InChI=1S/C10H29NO2Si3/c1-8(11)9(10(2,3)4)14-12-15-13-16(5,6)7/h8-9H,11,14-15H2,1-7H3. The summed E-state index contributed by atoms with van der Waals surface area (Å²) in [7, 11) is -2.69. The monoisotopic (exact) mass is 279 g/mol. The highest BCUT2D eigenvalue weighted by Crippen LogP contribution is 2.32. The summed E-state index contributed by atoms with van der Waals surface area (Å²) < 4.78 is 11.7. The van der Waals surface area contributed by atoms with Crippen molar-refractivity contribution in [3.05, 3.63) is 0 Å². The van der Waals surface area contributed by atoms with Crippen molar-refractivity contribution in [1.29, 1.82) is 0 Å². The largest absolute Gasteiger partial charge is 0.446 e. The van der Waals surface area contributed by atoms with E-state index >= 15 is 0 Å². The van der Waals surface area contributed by atoms with Crippen molar-refractivity contribution in [2.24, 2.45) is 11.1 Å². The maximum atomic E-state index is 6.03. The summed E-state index contributed by atoms with van der Waals surface area (Å²) in [4.78, 5) is 0. The molecule has 2 unspecified atom stereocenters. The zero-order valence-electron chi connectivity index (χ0n) is 12.0. The predicted molar refractivity (Wildman–Crippen MR) is 79.5 cm³/mol. The maximum Gasteiger partial charge on any atom is 0.283 e. The molecule has 16 heavy (non-hydrogen) atoms. The fourth-order valence-corrected chi connectivity index (χ4v) is 6.29. The summed E-state index contributed by atoms with van der Waals surface area (Å²) in [5, 5.41) is 0. The molecule has 0 aliphatic rings. The SMILES string of the molecule is CC(N)C([SiH2]O[SiH2]O[Si](C)(C)C)C(C)(C)C. The lowest BCUT2D eigenvalue weighted by molar-refractivity contribution is 0.327. The molecule has 0 amide bonds. The summed E-state index contributed by atoms with van der Waals surface area (Å²) in [5.74, 6) is 0. The molecule has 0 spiro atoms. The van der Waals surface area contributed by atoms with Gasteiger partial charge in [-0.1, -0.05) is 20.8 Å². The van der Waals surface area contributed by atoms with Gasteiger partial charge in [0.05, 0.1) is 0 Å². The highest BCUT2D eigenvalue weighted by atomic mass is 28.4. The average Bonchev–Trinajstić information content (AvgIpc) is 1.97. The summed E-state index contributed by atoms with van der Waals surface area (Å²) in [6.07, 6.45) is 0. The first-order valence-electron chi connectivity index (χ1n) is 6.01. The van der Waals surface area contributed by atoms with Crippen LogP contribution in [0.25, 0.3) is 0 Å². The molecule has 2 atom stereocenters. The van der Waals surface area contributed by atoms with Crippen molar-refractivity contribution in [3.63, 3.8) is 0 Å². The van der Waals surface area contributed by atoms with Crippen LogP contribution in [0.4, 0.5) is 0 Å². The number of hydrogen-bond donors (Lipinski definition) is 1. The first-order chi connectivity index (χ1) is 7.04. The van der Waals surface area contributed by atoms with E-state index in [9.17, 15) is 0 Å². The fraction of sp³-hybridized carbons (Fsp3) is 1.00. The maximum absolute atomic E-state index is 6.03. The van der Waals surface area contributed by atoms with Crippen molar-refractivity contribution >= 4 is 28.1 Å². The van der Waals surface area contributed by atoms with E-state index < -0.39 is 28.1 Å². The minimum absolute atomic E-state index is 0.229. The van der Waals surface area contributed by atoms with Crippen molar-refractivity contribution in [2.75, 3.05) is 0 Å². The Morgan fingerprint density at radius 3 is 2.00 bits per heavy atom. The first-order valence-corrected chi connectivity index (χ1v) is 12.0. The molecule has 0 saturated carbocycles. The third-order valence-electron chi connectivity index (χ3n) is 2.62. The smallest absolute Gasteiger partial charge is 0.283 e. The summed E-state index contributed by atoms with van der Waals surface area (Å²) in [5.41, 5.74) is 6.82. The van der Waals surface area contributed by atoms with Crippen LogP contribution in [0, 0.1) is 5.41 Å². The van der Waals surface area contributed by atoms with E-state index in [2.05, 4.69) is 47.3 Å². The molecule has 0 heterocycles. The molecule has 0 aliphatic carbocycles. The van der Waals surface area contributed by atoms with Crippen LogP contribution >= 0.6 is 0 Å². The van der Waals surface area contributed by atoms with Crippen LogP contribution in [-0.4, -0.2) is 34.1 Å². The van der Waals surface area contributed by atoms with E-state index in [-0.39, 0.29) is 11.5 Å². The van der Waals surface area contributed by atoms with Crippen LogP contribution in [0.5, 0.6) is 0 Å². The second-order valence-corrected chi connectivity index (χ2v) is 15.0. The molecular formula is C10H29NO2Si3. The van der Waals surface area contributed by atoms with Crippen LogP contribution in [-0.2, 0) is 8.23 Å². The van der Waals surface area contributed by atoms with Crippen LogP contribution in [0.3, 0.4) is 0 Å². The molecule has 2 N–H and O–H groups in total. The van der Waals surface area contributed by atoms with Gasteiger partial charge in [-0.05, 0) is 37.5 Å². The molecule has 0 bridgehead atoms. The van der Waals surface area contributed by atoms with E-state index in [1.54, 1.807) is 0 Å². The highest BCUT2D eigenvalue weighted by Gasteiger charge is 2.28. The average molecular weight is 280 g/mol. The zero-order chi connectivity index (χ0) is 13.0. The van der Waals surface area contributed by atoms with E-state index in [0.29, 0.717) is 5.54 Å². The minimum Gasteiger partial charge on any atom is -0.446 e. The normalized spacial score (nSPS) is 18.8. The van der Waals surface area contributed by atoms with E-state index in [1.807, 2.05) is 0 Å². The molecule has 0 rings (SSSR count). The van der Waals surface area contributed by atoms with Gasteiger partial charge in [0.15, 0.2) is 18.1 Å². The zero-order valence-corrected chi connectivity index (χ0v) is 15.8. The quantitative estimate of drug-likeness (QED) is 0.585. The summed E-state index contributed by atoms with van der Waals surface area (Å²) >= 11 is 0.